The van der Waals surface area contributed by atoms with Crippen molar-refractivity contribution in [2.45, 2.75) is 226 Å². The molecule has 12 heteroatoms. The summed E-state index contributed by atoms with van der Waals surface area (Å²) in [5.41, 5.74) is 0. The van der Waals surface area contributed by atoms with Gasteiger partial charge in [-0.1, -0.05) is 218 Å². The number of phosphoric acid groups is 1. The fourth-order valence-corrected chi connectivity index (χ4v) is 8.08. The minimum Gasteiger partial charge on any atom is -0.462 e. The van der Waals surface area contributed by atoms with Gasteiger partial charge in [-0.15, -0.1) is 0 Å². The van der Waals surface area contributed by atoms with Gasteiger partial charge in [-0.25, -0.2) is 4.57 Å². The predicted molar refractivity (Wildman–Crippen MR) is 325 cm³/mol. The monoisotopic (exact) mass is 1100 g/mol. The van der Waals surface area contributed by atoms with Crippen LogP contribution in [0.15, 0.2) is 146 Å². The Labute approximate surface area is 473 Å². The van der Waals surface area contributed by atoms with Crippen LogP contribution in [-0.2, 0) is 42.2 Å². The largest absolute Gasteiger partial charge is 0.472 e. The molecule has 0 fully saturated rings. The lowest BCUT2D eigenvalue weighted by Gasteiger charge is -2.21. The van der Waals surface area contributed by atoms with Crippen molar-refractivity contribution in [1.82, 2.24) is 0 Å². The number of rotatable bonds is 53. The number of carbonyl (C=O) groups is 3. The van der Waals surface area contributed by atoms with Crippen LogP contribution in [0.3, 0.4) is 0 Å². The van der Waals surface area contributed by atoms with E-state index in [2.05, 4.69) is 142 Å². The van der Waals surface area contributed by atoms with Crippen LogP contribution >= 0.6 is 7.82 Å². The van der Waals surface area contributed by atoms with Crippen LogP contribution in [0.2, 0.25) is 0 Å². The Morgan fingerprint density at radius 3 is 1.15 bits per heavy atom. The van der Waals surface area contributed by atoms with E-state index in [1.165, 1.54) is 38.5 Å². The highest BCUT2D eigenvalue weighted by molar-refractivity contribution is 7.47. The molecule has 78 heavy (non-hydrogen) atoms. The van der Waals surface area contributed by atoms with Gasteiger partial charge in [0.05, 0.1) is 19.8 Å². The molecular weight excluding hydrogens is 1000 g/mol. The van der Waals surface area contributed by atoms with Crippen molar-refractivity contribution in [1.29, 1.82) is 0 Å². The summed E-state index contributed by atoms with van der Waals surface area (Å²) in [5, 5.41) is 9.83. The fourth-order valence-electron chi connectivity index (χ4n) is 7.29. The normalized spacial score (nSPS) is 14.4. The molecule has 11 nitrogen and oxygen atoms in total. The third-order valence-electron chi connectivity index (χ3n) is 11.7. The Kier molecular flexibility index (Phi) is 55.0. The highest BCUT2D eigenvalue weighted by atomic mass is 31.2. The number of esters is 3. The second kappa shape index (κ2) is 58.5. The van der Waals surface area contributed by atoms with Gasteiger partial charge < -0.3 is 24.2 Å². The zero-order chi connectivity index (χ0) is 56.9. The molecule has 0 aromatic carbocycles. The Bertz CT molecular complexity index is 1860. The highest BCUT2D eigenvalue weighted by Gasteiger charge is 2.28. The molecule has 0 radical (unpaired) electrons. The van der Waals surface area contributed by atoms with E-state index < -0.39 is 64.4 Å². The van der Waals surface area contributed by atoms with Crippen LogP contribution in [0.5, 0.6) is 0 Å². The van der Waals surface area contributed by atoms with E-state index in [1.54, 1.807) is 0 Å². The van der Waals surface area contributed by atoms with Gasteiger partial charge in [-0.05, 0) is 122 Å². The summed E-state index contributed by atoms with van der Waals surface area (Å²) in [6.07, 6.45) is 75.4. The first-order valence-corrected chi connectivity index (χ1v) is 31.2. The molecule has 0 spiro atoms. The quantitative estimate of drug-likeness (QED) is 0.0197. The molecule has 0 aliphatic carbocycles. The second-order valence-corrected chi connectivity index (χ2v) is 20.5. The smallest absolute Gasteiger partial charge is 0.462 e. The minimum absolute atomic E-state index is 0.0215. The predicted octanol–water partition coefficient (Wildman–Crippen LogP) is 17.9. The summed E-state index contributed by atoms with van der Waals surface area (Å²) in [4.78, 5) is 48.6. The van der Waals surface area contributed by atoms with Gasteiger partial charge in [0.25, 0.3) is 0 Å². The van der Waals surface area contributed by atoms with Gasteiger partial charge in [0.15, 0.2) is 6.10 Å². The van der Waals surface area contributed by atoms with Crippen molar-refractivity contribution in [2.24, 2.45) is 0 Å². The van der Waals surface area contributed by atoms with Crippen molar-refractivity contribution in [3.8, 4) is 0 Å². The maximum Gasteiger partial charge on any atom is 0.472 e. The molecule has 440 valence electrons. The van der Waals surface area contributed by atoms with Crippen LogP contribution in [-0.4, -0.2) is 66.5 Å². The molecule has 0 rings (SSSR count). The van der Waals surface area contributed by atoms with E-state index >= 15 is 0 Å². The molecule has 0 aromatic heterocycles. The van der Waals surface area contributed by atoms with Crippen LogP contribution in [0.1, 0.15) is 213 Å². The van der Waals surface area contributed by atoms with Crippen LogP contribution in [0, 0.1) is 0 Å². The van der Waals surface area contributed by atoms with Crippen LogP contribution < -0.4 is 0 Å². The summed E-state index contributed by atoms with van der Waals surface area (Å²) in [6, 6.07) is 0. The molecule has 2 N–H and O–H groups in total. The van der Waals surface area contributed by atoms with E-state index in [9.17, 15) is 28.9 Å². The third kappa shape index (κ3) is 56.1. The summed E-state index contributed by atoms with van der Waals surface area (Å²) in [7, 11) is -4.79. The number of hydrogen-bond acceptors (Lipinski definition) is 10. The van der Waals surface area contributed by atoms with Gasteiger partial charge in [-0.2, -0.15) is 0 Å². The molecule has 0 saturated carbocycles. The van der Waals surface area contributed by atoms with Crippen molar-refractivity contribution in [3.05, 3.63) is 146 Å². The van der Waals surface area contributed by atoms with E-state index in [1.807, 2.05) is 24.3 Å². The third-order valence-corrected chi connectivity index (χ3v) is 12.7. The summed E-state index contributed by atoms with van der Waals surface area (Å²) in [5.74, 6) is -1.66. The first kappa shape index (κ1) is 73.4. The lowest BCUT2D eigenvalue weighted by molar-refractivity contribution is -0.161. The van der Waals surface area contributed by atoms with Gasteiger partial charge in [0.2, 0.25) is 0 Å². The lowest BCUT2D eigenvalue weighted by Crippen LogP contribution is -2.30. The molecule has 3 unspecified atom stereocenters. The molecule has 3 atom stereocenters. The van der Waals surface area contributed by atoms with Gasteiger partial charge >= 0.3 is 25.7 Å². The number of unbranched alkanes of at least 4 members (excludes halogenated alkanes) is 12. The minimum atomic E-state index is -4.79. The molecule has 0 amide bonds. The first-order valence-electron chi connectivity index (χ1n) is 29.7. The Balaban J connectivity index is 4.94. The van der Waals surface area contributed by atoms with Crippen molar-refractivity contribution < 1.29 is 52.2 Å². The lowest BCUT2D eigenvalue weighted by atomic mass is 10.1. The molecule has 0 aliphatic heterocycles. The van der Waals surface area contributed by atoms with Crippen molar-refractivity contribution >= 4 is 25.7 Å². The van der Waals surface area contributed by atoms with E-state index in [0.717, 1.165) is 103 Å². The number of phosphoric ester groups is 1. The van der Waals surface area contributed by atoms with Crippen molar-refractivity contribution in [2.75, 3.05) is 26.4 Å². The first-order chi connectivity index (χ1) is 38.2. The molecule has 0 aliphatic rings. The average Bonchev–Trinajstić information content (AvgIpc) is 3.43. The van der Waals surface area contributed by atoms with E-state index in [0.29, 0.717) is 32.1 Å². The number of aliphatic hydroxyl groups excluding tert-OH is 1. The maximum absolute atomic E-state index is 12.9. The van der Waals surface area contributed by atoms with E-state index in [-0.39, 0.29) is 19.3 Å². The summed E-state index contributed by atoms with van der Waals surface area (Å²) in [6.45, 7) is 4.24. The van der Waals surface area contributed by atoms with Crippen LogP contribution in [0.4, 0.5) is 0 Å². The molecular formula is C66H105O11P. The molecule has 0 aromatic rings. The molecule has 0 heterocycles. The number of hydrogen-bond donors (Lipinski definition) is 2. The van der Waals surface area contributed by atoms with Gasteiger partial charge in [0, 0.05) is 19.3 Å². The number of carbonyl (C=O) groups excluding carboxylic acids is 3. The Morgan fingerprint density at radius 1 is 0.372 bits per heavy atom. The fraction of sp³-hybridized carbons (Fsp3) is 0.591. The number of allylic oxidation sites excluding steroid dienone is 24. The zero-order valence-corrected chi connectivity index (χ0v) is 49.5. The number of aliphatic hydroxyl groups is 1. The van der Waals surface area contributed by atoms with Gasteiger partial charge in [-0.3, -0.25) is 23.4 Å². The Morgan fingerprint density at radius 2 is 0.705 bits per heavy atom. The van der Waals surface area contributed by atoms with Gasteiger partial charge in [0.1, 0.15) is 12.7 Å². The van der Waals surface area contributed by atoms with Crippen LogP contribution in [0.25, 0.3) is 0 Å². The second-order valence-electron chi connectivity index (χ2n) is 19.0. The Hall–Kier alpha value is -4.64. The standard InChI is InChI=1S/C66H105O11P/c1-4-7-10-13-16-19-22-25-28-30-31-33-36-39-42-45-48-51-54-57-66(70)77-63(59-73-64(68)55-52-49-46-43-40-37-35-32-29-26-23-20-17-14-11-8-5-2)61-75-78(71,72)74-60-62(58-67)76-65(69)56-53-50-47-44-41-38-34-27-24-21-18-15-12-9-6-3/h7-8,10-11,16-17,19-20,25-29,31,33-35,37,39,42-43,46,48,51,62-63,67H,4-6,9,12-15,18,21-24,30,32,36,38,40-41,44-45,47,49-50,52-61H2,1-3H3,(H,71,72)/b10-7-,11-8-,19-16-,20-17-,28-25-,29-26-,33-31-,34-27-,37-35-,42-39-,46-43-,51-48-. The molecule has 0 bridgehead atoms. The zero-order valence-electron chi connectivity index (χ0n) is 48.6. The van der Waals surface area contributed by atoms with Crippen molar-refractivity contribution in [3.63, 3.8) is 0 Å². The average molecular weight is 1110 g/mol. The highest BCUT2D eigenvalue weighted by Crippen LogP contribution is 2.43. The SMILES string of the molecule is CC/C=C\C/C=C\C/C=C\C/C=C\C/C=C\C/C=C\CCC(=O)OC(COC(=O)CCC/C=C\C/C=C\C/C=C\C/C=C\C/C=C\CC)COP(=O)(O)OCC(CO)OC(=O)CCCCCCC/C=C\CCCCCCCC. The number of ether oxygens (including phenoxy) is 3. The summed E-state index contributed by atoms with van der Waals surface area (Å²) < 4.78 is 39.4. The maximum atomic E-state index is 12.9. The topological polar surface area (TPSA) is 155 Å². The summed E-state index contributed by atoms with van der Waals surface area (Å²) >= 11 is 0. The molecule has 0 saturated heterocycles. The van der Waals surface area contributed by atoms with E-state index in [4.69, 9.17) is 23.3 Å².